The molecule has 0 aromatic carbocycles. The predicted molar refractivity (Wildman–Crippen MR) is 113 cm³/mol. The molecule has 0 spiro atoms. The molecule has 1 unspecified atom stereocenters. The van der Waals surface area contributed by atoms with Crippen LogP contribution in [0.4, 0.5) is 5.69 Å². The molecule has 5 N–H and O–H groups in total. The zero-order chi connectivity index (χ0) is 21.7. The average molecular weight is 434 g/mol. The second-order valence-corrected chi connectivity index (χ2v) is 8.22. The highest BCUT2D eigenvalue weighted by Gasteiger charge is 2.34. The van der Waals surface area contributed by atoms with Crippen molar-refractivity contribution in [3.63, 3.8) is 0 Å². The molecule has 1 fully saturated rings. The van der Waals surface area contributed by atoms with Gasteiger partial charge in [0.1, 0.15) is 16.7 Å². The molecule has 2 aromatic rings. The number of nitrogens with two attached hydrogens (primary N) is 2. The Labute approximate surface area is 178 Å². The van der Waals surface area contributed by atoms with E-state index >= 15 is 0 Å². The number of anilines is 1. The first kappa shape index (κ1) is 21.8. The third-order valence-corrected chi connectivity index (χ3v) is 6.12. The summed E-state index contributed by atoms with van der Waals surface area (Å²) in [6.07, 6.45) is 6.76. The van der Waals surface area contributed by atoms with Crippen molar-refractivity contribution in [2.45, 2.75) is 64.1 Å². The van der Waals surface area contributed by atoms with Crippen LogP contribution in [0.3, 0.4) is 0 Å². The van der Waals surface area contributed by atoms with Gasteiger partial charge in [0.05, 0.1) is 18.5 Å². The Hall–Kier alpha value is -2.88. The van der Waals surface area contributed by atoms with Gasteiger partial charge in [-0.25, -0.2) is 0 Å². The molecule has 1 saturated carbocycles. The number of carbonyl (C=O) groups excluding carboxylic acids is 3. The molecule has 0 radical (unpaired) electrons. The second-order valence-electron chi connectivity index (χ2n) is 7.45. The smallest absolute Gasteiger partial charge is 0.270 e. The van der Waals surface area contributed by atoms with Crippen molar-refractivity contribution in [1.82, 2.24) is 14.6 Å². The highest BCUT2D eigenvalue weighted by molar-refractivity contribution is 7.09. The van der Waals surface area contributed by atoms with Gasteiger partial charge in [-0.1, -0.05) is 26.2 Å². The Kier molecular flexibility index (Phi) is 7.09. The summed E-state index contributed by atoms with van der Waals surface area (Å²) in [4.78, 5) is 39.6. The molecule has 0 bridgehead atoms. The summed E-state index contributed by atoms with van der Waals surface area (Å²) in [6, 6.07) is 2.89. The van der Waals surface area contributed by atoms with E-state index in [4.69, 9.17) is 15.9 Å². The van der Waals surface area contributed by atoms with Crippen molar-refractivity contribution in [2.75, 3.05) is 5.73 Å². The Morgan fingerprint density at radius 3 is 2.67 bits per heavy atom. The normalized spacial score (nSPS) is 15.1. The monoisotopic (exact) mass is 433 g/mol. The van der Waals surface area contributed by atoms with Gasteiger partial charge >= 0.3 is 0 Å². The Morgan fingerprint density at radius 2 is 2.10 bits per heavy atom. The van der Waals surface area contributed by atoms with Crippen molar-refractivity contribution in [1.29, 1.82) is 0 Å². The number of carbonyl (C=O) groups is 3. The third-order valence-electron chi connectivity index (χ3n) is 5.27. The van der Waals surface area contributed by atoms with Crippen molar-refractivity contribution >= 4 is 34.9 Å². The van der Waals surface area contributed by atoms with Crippen LogP contribution in [0.5, 0.6) is 0 Å². The maximum absolute atomic E-state index is 13.4. The van der Waals surface area contributed by atoms with Crippen LogP contribution in [0.25, 0.3) is 0 Å². The minimum Gasteiger partial charge on any atom is -0.467 e. The standard InChI is InChI=1S/C20H27N5O4S/c1-2-6-14(19(27)23-12-7-3-4-8-12)25(11-13-9-5-10-29-13)20(28)17-15(21)16(18(22)26)24-30-17/h5,9-10,12,14H,2-4,6-8,11,21H2,1H3,(H2,22,26)(H,23,27). The number of aromatic nitrogens is 1. The highest BCUT2D eigenvalue weighted by Crippen LogP contribution is 2.26. The van der Waals surface area contributed by atoms with E-state index in [0.29, 0.717) is 18.6 Å². The first-order valence-electron chi connectivity index (χ1n) is 10.1. The number of furan rings is 1. The van der Waals surface area contributed by atoms with E-state index in [9.17, 15) is 14.4 Å². The molecular weight excluding hydrogens is 406 g/mol. The van der Waals surface area contributed by atoms with Crippen LogP contribution in [0.15, 0.2) is 22.8 Å². The lowest BCUT2D eigenvalue weighted by Gasteiger charge is -2.31. The van der Waals surface area contributed by atoms with E-state index in [1.807, 2.05) is 6.92 Å². The second kappa shape index (κ2) is 9.75. The van der Waals surface area contributed by atoms with E-state index in [1.165, 1.54) is 11.2 Å². The van der Waals surface area contributed by atoms with Crippen molar-refractivity contribution in [3.05, 3.63) is 34.7 Å². The summed E-state index contributed by atoms with van der Waals surface area (Å²) in [5.74, 6) is -0.934. The topological polar surface area (TPSA) is 145 Å². The number of nitrogens with zero attached hydrogens (tertiary/aromatic N) is 2. The summed E-state index contributed by atoms with van der Waals surface area (Å²) in [5, 5.41) is 3.09. The van der Waals surface area contributed by atoms with Crippen LogP contribution in [0, 0.1) is 0 Å². The molecule has 0 aliphatic heterocycles. The van der Waals surface area contributed by atoms with Crippen LogP contribution < -0.4 is 16.8 Å². The summed E-state index contributed by atoms with van der Waals surface area (Å²) in [5.41, 5.74) is 11.1. The lowest BCUT2D eigenvalue weighted by Crippen LogP contribution is -2.51. The number of nitrogen functional groups attached to an aromatic ring is 1. The minimum absolute atomic E-state index is 0.0617. The van der Waals surface area contributed by atoms with Gasteiger partial charge in [0.25, 0.3) is 11.8 Å². The SMILES string of the molecule is CCCC(C(=O)NC1CCCC1)N(Cc1ccco1)C(=O)c1snc(C(N)=O)c1N. The van der Waals surface area contributed by atoms with Crippen LogP contribution >= 0.6 is 11.5 Å². The van der Waals surface area contributed by atoms with Crippen molar-refractivity contribution < 1.29 is 18.8 Å². The molecule has 3 rings (SSSR count). The molecule has 162 valence electrons. The third kappa shape index (κ3) is 4.81. The van der Waals surface area contributed by atoms with Crippen molar-refractivity contribution in [2.24, 2.45) is 5.73 Å². The van der Waals surface area contributed by atoms with E-state index in [-0.39, 0.29) is 34.8 Å². The van der Waals surface area contributed by atoms with E-state index < -0.39 is 17.9 Å². The van der Waals surface area contributed by atoms with Crippen LogP contribution in [0.2, 0.25) is 0 Å². The first-order valence-corrected chi connectivity index (χ1v) is 10.9. The van der Waals surface area contributed by atoms with E-state index in [2.05, 4.69) is 9.69 Å². The maximum atomic E-state index is 13.4. The maximum Gasteiger partial charge on any atom is 0.270 e. The number of rotatable bonds is 9. The van der Waals surface area contributed by atoms with Gasteiger partial charge in [-0.15, -0.1) is 0 Å². The Bertz CT molecular complexity index is 889. The van der Waals surface area contributed by atoms with Gasteiger partial charge in [-0.2, -0.15) is 4.37 Å². The highest BCUT2D eigenvalue weighted by atomic mass is 32.1. The number of nitrogens with one attached hydrogen (secondary N) is 1. The summed E-state index contributed by atoms with van der Waals surface area (Å²) < 4.78 is 9.34. The van der Waals surface area contributed by atoms with Gasteiger partial charge in [-0.3, -0.25) is 14.4 Å². The van der Waals surface area contributed by atoms with Crippen molar-refractivity contribution in [3.8, 4) is 0 Å². The lowest BCUT2D eigenvalue weighted by atomic mass is 10.1. The number of hydrogen-bond donors (Lipinski definition) is 3. The number of hydrogen-bond acceptors (Lipinski definition) is 7. The minimum atomic E-state index is -0.801. The van der Waals surface area contributed by atoms with Crippen LogP contribution in [0.1, 0.15) is 71.4 Å². The Morgan fingerprint density at radius 1 is 1.37 bits per heavy atom. The fourth-order valence-electron chi connectivity index (χ4n) is 3.72. The first-order chi connectivity index (χ1) is 14.4. The van der Waals surface area contributed by atoms with Gasteiger partial charge in [0, 0.05) is 6.04 Å². The van der Waals surface area contributed by atoms with Gasteiger partial charge in [-0.05, 0) is 42.9 Å². The predicted octanol–water partition coefficient (Wildman–Crippen LogP) is 2.29. The Balaban J connectivity index is 1.91. The summed E-state index contributed by atoms with van der Waals surface area (Å²) in [7, 11) is 0. The quantitative estimate of drug-likeness (QED) is 0.553. The molecule has 30 heavy (non-hydrogen) atoms. The zero-order valence-electron chi connectivity index (χ0n) is 16.9. The molecule has 2 aromatic heterocycles. The molecule has 1 aliphatic carbocycles. The molecule has 1 aliphatic rings. The van der Waals surface area contributed by atoms with E-state index in [1.54, 1.807) is 12.1 Å². The number of amides is 3. The number of primary amides is 1. The van der Waals surface area contributed by atoms with E-state index in [0.717, 1.165) is 37.2 Å². The molecule has 9 nitrogen and oxygen atoms in total. The molecule has 10 heteroatoms. The van der Waals surface area contributed by atoms with Gasteiger partial charge in [0.2, 0.25) is 5.91 Å². The fourth-order valence-corrected chi connectivity index (χ4v) is 4.48. The summed E-state index contributed by atoms with van der Waals surface area (Å²) >= 11 is 0.804. The average Bonchev–Trinajstić information content (AvgIpc) is 3.46. The van der Waals surface area contributed by atoms with Crippen LogP contribution in [-0.2, 0) is 11.3 Å². The molecule has 1 atom stereocenters. The molecule has 0 saturated heterocycles. The van der Waals surface area contributed by atoms with Crippen LogP contribution in [-0.4, -0.2) is 39.1 Å². The zero-order valence-corrected chi connectivity index (χ0v) is 17.7. The molecular formula is C20H27N5O4S. The largest absolute Gasteiger partial charge is 0.467 e. The molecule has 2 heterocycles. The fraction of sp³-hybridized carbons (Fsp3) is 0.500. The van der Waals surface area contributed by atoms with Gasteiger partial charge in [0.15, 0.2) is 5.69 Å². The lowest BCUT2D eigenvalue weighted by molar-refractivity contribution is -0.126. The molecule has 3 amide bonds. The summed E-state index contributed by atoms with van der Waals surface area (Å²) in [6.45, 7) is 2.05. The van der Waals surface area contributed by atoms with Gasteiger partial charge < -0.3 is 26.1 Å².